The fraction of sp³-hybridized carbons (Fsp3) is 0.364. The van der Waals surface area contributed by atoms with Crippen LogP contribution in [0, 0.1) is 11.3 Å². The molecule has 2 unspecified atom stereocenters. The summed E-state index contributed by atoms with van der Waals surface area (Å²) >= 11 is 0. The quantitative estimate of drug-likeness (QED) is 0.653. The summed E-state index contributed by atoms with van der Waals surface area (Å²) in [5, 5.41) is 8.88. The van der Waals surface area contributed by atoms with Gasteiger partial charge >= 0.3 is 0 Å². The van der Waals surface area contributed by atoms with Crippen LogP contribution < -0.4 is 4.74 Å². The number of ether oxygens (including phenoxy) is 1. The molecule has 2 rings (SSSR count). The van der Waals surface area contributed by atoms with E-state index in [2.05, 4.69) is 13.0 Å². The molecular weight excluding hydrogens is 162 g/mol. The normalized spacial score (nSPS) is 24.1. The topological polar surface area (TPSA) is 33.0 Å². The molecule has 2 atom stereocenters. The standard InChI is InChI=1S/C11H11NO/c1-7-9-4-3-8(13-2)5-10(9)11(7)6-12/h3-5,7,11H,1-2H3. The van der Waals surface area contributed by atoms with Crippen LogP contribution in [0.4, 0.5) is 0 Å². The molecule has 1 aliphatic carbocycles. The van der Waals surface area contributed by atoms with Gasteiger partial charge in [-0.1, -0.05) is 13.0 Å². The van der Waals surface area contributed by atoms with E-state index >= 15 is 0 Å². The van der Waals surface area contributed by atoms with Gasteiger partial charge in [0, 0.05) is 5.92 Å². The second kappa shape index (κ2) is 2.77. The van der Waals surface area contributed by atoms with Crippen molar-refractivity contribution in [3.63, 3.8) is 0 Å². The Morgan fingerprint density at radius 3 is 2.77 bits per heavy atom. The van der Waals surface area contributed by atoms with Crippen LogP contribution >= 0.6 is 0 Å². The van der Waals surface area contributed by atoms with E-state index < -0.39 is 0 Å². The Morgan fingerprint density at radius 1 is 1.38 bits per heavy atom. The molecule has 0 radical (unpaired) electrons. The van der Waals surface area contributed by atoms with Crippen molar-refractivity contribution in [1.82, 2.24) is 0 Å². The van der Waals surface area contributed by atoms with Gasteiger partial charge < -0.3 is 4.74 Å². The highest BCUT2D eigenvalue weighted by molar-refractivity contribution is 5.51. The van der Waals surface area contributed by atoms with Crippen LogP contribution in [-0.2, 0) is 0 Å². The molecule has 0 fully saturated rings. The zero-order chi connectivity index (χ0) is 9.42. The van der Waals surface area contributed by atoms with E-state index in [-0.39, 0.29) is 5.92 Å². The summed E-state index contributed by atoms with van der Waals surface area (Å²) in [5.74, 6) is 1.28. The lowest BCUT2D eigenvalue weighted by atomic mass is 9.70. The van der Waals surface area contributed by atoms with Crippen molar-refractivity contribution in [3.05, 3.63) is 29.3 Å². The van der Waals surface area contributed by atoms with Crippen molar-refractivity contribution < 1.29 is 4.74 Å². The van der Waals surface area contributed by atoms with Crippen LogP contribution in [0.2, 0.25) is 0 Å². The molecule has 0 amide bonds. The van der Waals surface area contributed by atoms with Crippen LogP contribution in [0.25, 0.3) is 0 Å². The Bertz CT molecular complexity index is 378. The van der Waals surface area contributed by atoms with Crippen LogP contribution in [0.1, 0.15) is 29.9 Å². The lowest BCUT2D eigenvalue weighted by Crippen LogP contribution is -2.20. The number of benzene rings is 1. The second-order valence-electron chi connectivity index (χ2n) is 3.39. The average molecular weight is 173 g/mol. The van der Waals surface area contributed by atoms with Gasteiger partial charge in [0.05, 0.1) is 19.1 Å². The Kier molecular flexibility index (Phi) is 1.73. The lowest BCUT2D eigenvalue weighted by Gasteiger charge is -2.32. The molecule has 0 aliphatic heterocycles. The summed E-state index contributed by atoms with van der Waals surface area (Å²) in [6.45, 7) is 2.09. The first-order valence-corrected chi connectivity index (χ1v) is 4.35. The van der Waals surface area contributed by atoms with Gasteiger partial charge in [-0.15, -0.1) is 0 Å². The van der Waals surface area contributed by atoms with Crippen molar-refractivity contribution in [1.29, 1.82) is 5.26 Å². The predicted octanol–water partition coefficient (Wildman–Crippen LogP) is 2.42. The van der Waals surface area contributed by atoms with Crippen molar-refractivity contribution in [2.24, 2.45) is 0 Å². The van der Waals surface area contributed by atoms with E-state index in [1.54, 1.807) is 7.11 Å². The van der Waals surface area contributed by atoms with Gasteiger partial charge in [-0.2, -0.15) is 5.26 Å². The minimum Gasteiger partial charge on any atom is -0.497 e. The molecule has 2 nitrogen and oxygen atoms in total. The molecule has 13 heavy (non-hydrogen) atoms. The molecule has 0 N–H and O–H groups in total. The maximum Gasteiger partial charge on any atom is 0.119 e. The molecule has 2 heteroatoms. The molecule has 1 aromatic rings. The molecule has 66 valence electrons. The van der Waals surface area contributed by atoms with E-state index in [0.29, 0.717) is 5.92 Å². The van der Waals surface area contributed by atoms with E-state index in [0.717, 1.165) is 11.3 Å². The lowest BCUT2D eigenvalue weighted by molar-refractivity contribution is 0.412. The molecule has 0 aromatic heterocycles. The van der Waals surface area contributed by atoms with Crippen LogP contribution in [0.5, 0.6) is 5.75 Å². The molecule has 0 spiro atoms. The van der Waals surface area contributed by atoms with E-state index in [9.17, 15) is 0 Å². The van der Waals surface area contributed by atoms with Crippen LogP contribution in [-0.4, -0.2) is 7.11 Å². The minimum atomic E-state index is 0.0603. The third kappa shape index (κ3) is 1.01. The fourth-order valence-electron chi connectivity index (χ4n) is 1.90. The summed E-state index contributed by atoms with van der Waals surface area (Å²) in [5.41, 5.74) is 2.42. The molecule has 1 aliphatic rings. The summed E-state index contributed by atoms with van der Waals surface area (Å²) < 4.78 is 5.10. The molecule has 0 heterocycles. The van der Waals surface area contributed by atoms with Crippen molar-refractivity contribution in [2.75, 3.05) is 7.11 Å². The maximum atomic E-state index is 8.88. The number of rotatable bonds is 1. The van der Waals surface area contributed by atoms with Crippen molar-refractivity contribution in [3.8, 4) is 11.8 Å². The third-order valence-electron chi connectivity index (χ3n) is 2.76. The van der Waals surface area contributed by atoms with Gasteiger partial charge in [0.25, 0.3) is 0 Å². The highest BCUT2D eigenvalue weighted by Gasteiger charge is 2.34. The maximum absolute atomic E-state index is 8.88. The Labute approximate surface area is 77.8 Å². The molecule has 0 saturated carbocycles. The van der Waals surface area contributed by atoms with Gasteiger partial charge in [-0.25, -0.2) is 0 Å². The molecule has 0 saturated heterocycles. The Hall–Kier alpha value is -1.49. The Morgan fingerprint density at radius 2 is 2.15 bits per heavy atom. The van der Waals surface area contributed by atoms with Gasteiger partial charge in [-0.05, 0) is 23.3 Å². The fourth-order valence-corrected chi connectivity index (χ4v) is 1.90. The highest BCUT2D eigenvalue weighted by atomic mass is 16.5. The number of methoxy groups -OCH3 is 1. The minimum absolute atomic E-state index is 0.0603. The monoisotopic (exact) mass is 173 g/mol. The number of hydrogen-bond donors (Lipinski definition) is 0. The molecule has 0 bridgehead atoms. The van der Waals surface area contributed by atoms with Gasteiger partial charge in [-0.3, -0.25) is 0 Å². The van der Waals surface area contributed by atoms with E-state index in [1.165, 1.54) is 5.56 Å². The van der Waals surface area contributed by atoms with Crippen molar-refractivity contribution in [2.45, 2.75) is 18.8 Å². The first-order valence-electron chi connectivity index (χ1n) is 4.35. The zero-order valence-electron chi connectivity index (χ0n) is 7.74. The first kappa shape index (κ1) is 8.12. The highest BCUT2D eigenvalue weighted by Crippen LogP contribution is 2.46. The number of nitrogens with zero attached hydrogens (tertiary/aromatic N) is 1. The predicted molar refractivity (Wildman–Crippen MR) is 49.8 cm³/mol. The summed E-state index contributed by atoms with van der Waals surface area (Å²) in [7, 11) is 1.64. The van der Waals surface area contributed by atoms with Gasteiger partial charge in [0.2, 0.25) is 0 Å². The van der Waals surface area contributed by atoms with Crippen LogP contribution in [0.15, 0.2) is 18.2 Å². The second-order valence-corrected chi connectivity index (χ2v) is 3.39. The van der Waals surface area contributed by atoms with Crippen LogP contribution in [0.3, 0.4) is 0 Å². The van der Waals surface area contributed by atoms with Gasteiger partial charge in [0.15, 0.2) is 0 Å². The first-order chi connectivity index (χ1) is 6.27. The summed E-state index contributed by atoms with van der Waals surface area (Å²) in [4.78, 5) is 0. The van der Waals surface area contributed by atoms with Crippen molar-refractivity contribution >= 4 is 0 Å². The number of hydrogen-bond acceptors (Lipinski definition) is 2. The van der Waals surface area contributed by atoms with Gasteiger partial charge in [0.1, 0.15) is 5.75 Å². The number of fused-ring (bicyclic) bond motifs is 1. The molecule has 1 aromatic carbocycles. The third-order valence-corrected chi connectivity index (χ3v) is 2.76. The Balaban J connectivity index is 2.43. The average Bonchev–Trinajstić information content (AvgIpc) is 2.17. The summed E-state index contributed by atoms with van der Waals surface area (Å²) in [6, 6.07) is 8.26. The smallest absolute Gasteiger partial charge is 0.119 e. The number of nitriles is 1. The molecular formula is C11H11NO. The SMILES string of the molecule is COc1ccc2c(c1)C(C#N)C2C. The largest absolute Gasteiger partial charge is 0.497 e. The van der Waals surface area contributed by atoms with E-state index in [4.69, 9.17) is 10.00 Å². The summed E-state index contributed by atoms with van der Waals surface area (Å²) in [6.07, 6.45) is 0. The van der Waals surface area contributed by atoms with E-state index in [1.807, 2.05) is 18.2 Å². The zero-order valence-corrected chi connectivity index (χ0v) is 7.74.